The molecule has 0 bridgehead atoms. The Labute approximate surface area is 862 Å². The Morgan fingerprint density at radius 1 is 0.340 bits per heavy atom. The zero-order valence-electron chi connectivity index (χ0n) is 85.3. The van der Waals surface area contributed by atoms with Gasteiger partial charge in [0.25, 0.3) is 0 Å². The highest BCUT2D eigenvalue weighted by Crippen LogP contribution is 2.24. The molecular weight excluding hydrogens is 1980 g/mol. The molecule has 1 heterocycles. The smallest absolute Gasteiger partial charge is 0.326 e. The number of hydrogen-bond donors (Lipinski definition) is 31. The molecule has 150 heavy (non-hydrogen) atoms. The Balaban J connectivity index is 1.83. The summed E-state index contributed by atoms with van der Waals surface area (Å²) >= 11 is 0. The van der Waals surface area contributed by atoms with Crippen molar-refractivity contribution in [2.75, 3.05) is 26.4 Å². The van der Waals surface area contributed by atoms with E-state index in [0.29, 0.717) is 12.0 Å². The number of nitrogens with two attached hydrogens (primary N) is 5. The van der Waals surface area contributed by atoms with Crippen molar-refractivity contribution in [2.45, 2.75) is 307 Å². The fourth-order valence-electron chi connectivity index (χ4n) is 14.8. The second-order valence-corrected chi connectivity index (χ2v) is 36.9. The molecule has 0 spiro atoms. The molecule has 0 unspecified atom stereocenters. The van der Waals surface area contributed by atoms with Gasteiger partial charge >= 0.3 is 11.9 Å². The van der Waals surface area contributed by atoms with E-state index in [4.69, 9.17) is 28.7 Å². The summed E-state index contributed by atoms with van der Waals surface area (Å²) in [4.78, 5) is 340. The van der Waals surface area contributed by atoms with Crippen LogP contribution in [0.3, 0.4) is 0 Å². The normalized spacial score (nSPS) is 17.0. The summed E-state index contributed by atoms with van der Waals surface area (Å²) in [6.45, 7) is 14.2. The summed E-state index contributed by atoms with van der Waals surface area (Å²) in [6, 6.07) is -22.3. The van der Waals surface area contributed by atoms with Crippen molar-refractivity contribution in [2.24, 2.45) is 52.3 Å². The third kappa shape index (κ3) is 42.2. The van der Waals surface area contributed by atoms with Crippen molar-refractivity contribution in [1.82, 2.24) is 101 Å². The molecule has 1 fully saturated rings. The number of benzene rings is 2. The third-order valence-corrected chi connectivity index (χ3v) is 24.3. The quantitative estimate of drug-likeness (QED) is 0.0292. The molecule has 23 amide bonds. The van der Waals surface area contributed by atoms with Gasteiger partial charge in [0, 0.05) is 25.8 Å². The van der Waals surface area contributed by atoms with E-state index in [9.17, 15) is 161 Å². The molecule has 1 saturated heterocycles. The van der Waals surface area contributed by atoms with Gasteiger partial charge in [-0.15, -0.1) is 0 Å². The fraction of sp³-hybridized carbons (Fsp3) is 0.602. The zero-order chi connectivity index (χ0) is 114. The van der Waals surface area contributed by atoms with E-state index in [1.165, 1.54) is 58.9 Å². The number of carbonyl (C=O) groups is 25. The van der Waals surface area contributed by atoms with Gasteiger partial charge in [0.2, 0.25) is 136 Å². The standard InChI is InChI=1S/C93H144N24O33/c1-14-41(6)69(89(145)100-46(11)76(132)113-70(42(7)15-2)92(148)117-30-20-23-62(117)87(143)116-72(47(12)121)90(146)107-58(36-66(98)127)80(136)103-54(31-49-21-18-17-19-22-49)83(139)115-73(48(13)122)91(147)114-71(93(149)150)43(8)16-3)112-86(142)61(39-120)110-82(138)57(35-65(97)126)105-79(135)55(33-63(95)124)106-84(140)59(37-118)108-78(134)53(32-50-24-26-51(123)27-25-50)102-75(131)45(10)99-88(144)68(40(4)5)111-85(141)60(38-119)109-81(137)56(34-64(96)125)104-77(133)52(28-29-67(128)129)101-74(130)44(9)94/h17-19,21-22,24-27,40-48,52-62,68-73,118-123H,14-16,20,23,28-39,94H2,1-13H3,(H2,95,124)(H2,96,125)(H2,97,126)(H2,98,127)(H,99,144)(H,100,145)(H,101,130)(H,102,131)(H,103,136)(H,104,133)(H,105,135)(H,106,140)(H,107,146)(H,108,134)(H,109,137)(H,110,138)(H,111,141)(H,112,142)(H,113,132)(H,114,147)(H,115,139)(H,116,143)(H,128,129)(H,149,150)/t41-,42-,43-,44-,45-,46-,47+,48+,52-,53-,54-,55-,56-,57-,58-,59-,60-,61-,62-,68-,69-,70-,71-,72-,73-/m0/s1. The number of hydrogen-bond acceptors (Lipinski definition) is 32. The summed E-state index contributed by atoms with van der Waals surface area (Å²) < 4.78 is 0. The number of aliphatic carboxylic acids is 2. The lowest BCUT2D eigenvalue weighted by atomic mass is 9.96. The maximum Gasteiger partial charge on any atom is 0.326 e. The van der Waals surface area contributed by atoms with Gasteiger partial charge in [-0.3, -0.25) is 115 Å². The molecule has 2 aromatic rings. The van der Waals surface area contributed by atoms with Crippen molar-refractivity contribution in [3.63, 3.8) is 0 Å². The minimum absolute atomic E-state index is 0.0574. The van der Waals surface area contributed by atoms with E-state index in [0.717, 1.165) is 25.7 Å². The van der Waals surface area contributed by atoms with Gasteiger partial charge in [-0.1, -0.05) is 117 Å². The van der Waals surface area contributed by atoms with Gasteiger partial charge in [-0.05, 0) is 101 Å². The van der Waals surface area contributed by atoms with E-state index in [1.807, 2.05) is 0 Å². The number of carboxylic acid groups (broad SMARTS) is 2. The maximum atomic E-state index is 14.8. The first-order valence-electron chi connectivity index (χ1n) is 48.3. The van der Waals surface area contributed by atoms with Crippen LogP contribution in [0.4, 0.5) is 0 Å². The number of aliphatic hydroxyl groups excluding tert-OH is 5. The third-order valence-electron chi connectivity index (χ3n) is 24.3. The topological polar surface area (TPSA) is 938 Å². The number of rotatable bonds is 65. The summed E-state index contributed by atoms with van der Waals surface area (Å²) in [7, 11) is 0. The van der Waals surface area contributed by atoms with Gasteiger partial charge in [0.15, 0.2) is 0 Å². The lowest BCUT2D eigenvalue weighted by Crippen LogP contribution is -2.63. The molecule has 57 nitrogen and oxygen atoms in total. The van der Waals surface area contributed by atoms with Gasteiger partial charge in [0.05, 0.1) is 63.8 Å². The largest absolute Gasteiger partial charge is 0.508 e. The number of phenols is 1. The number of primary amides is 4. The first kappa shape index (κ1) is 129. The highest BCUT2D eigenvalue weighted by molar-refractivity contribution is 6.04. The van der Waals surface area contributed by atoms with Crippen molar-refractivity contribution < 1.29 is 161 Å². The first-order chi connectivity index (χ1) is 70.2. The van der Waals surface area contributed by atoms with E-state index < -0.39 is 369 Å². The van der Waals surface area contributed by atoms with E-state index in [2.05, 4.69) is 95.7 Å². The van der Waals surface area contributed by atoms with Crippen LogP contribution in [-0.4, -0.2) is 353 Å². The minimum Gasteiger partial charge on any atom is -0.508 e. The highest BCUT2D eigenvalue weighted by atomic mass is 16.4. The Morgan fingerprint density at radius 3 is 1.03 bits per heavy atom. The summed E-state index contributed by atoms with van der Waals surface area (Å²) in [5.74, 6) is -33.7. The number of nitrogens with one attached hydrogen (secondary N) is 18. The number of carbonyl (C=O) groups excluding carboxylic acids is 23. The Bertz CT molecular complexity index is 5090. The molecule has 1 aliphatic rings. The minimum atomic E-state index is -2.18. The van der Waals surface area contributed by atoms with Gasteiger partial charge in [-0.2, -0.15) is 0 Å². The van der Waals surface area contributed by atoms with Crippen LogP contribution in [0.5, 0.6) is 5.75 Å². The summed E-state index contributed by atoms with van der Waals surface area (Å²) in [6.07, 6.45) is -8.89. The Kier molecular flexibility index (Phi) is 54.0. The lowest BCUT2D eigenvalue weighted by Gasteiger charge is -2.33. The molecule has 3 rings (SSSR count). The summed E-state index contributed by atoms with van der Waals surface area (Å²) in [5.41, 5.74) is 28.0. The van der Waals surface area contributed by atoms with Crippen molar-refractivity contribution >= 4 is 148 Å². The van der Waals surface area contributed by atoms with Crippen LogP contribution in [0.2, 0.25) is 0 Å². The molecule has 834 valence electrons. The number of aromatic hydroxyl groups is 1. The van der Waals surface area contributed by atoms with Crippen LogP contribution in [0.1, 0.15) is 172 Å². The van der Waals surface area contributed by atoms with Crippen LogP contribution in [0.15, 0.2) is 54.6 Å². The number of aliphatic hydroxyl groups is 5. The van der Waals surface area contributed by atoms with Crippen LogP contribution >= 0.6 is 0 Å². The van der Waals surface area contributed by atoms with Crippen molar-refractivity contribution in [1.29, 1.82) is 0 Å². The predicted molar refractivity (Wildman–Crippen MR) is 524 cm³/mol. The molecule has 0 saturated carbocycles. The SMILES string of the molecule is CC[C@H](C)[C@H](NC(=O)[C@@H](NC(=O)[C@H](Cc1ccccc1)NC(=O)[C@H](CC(N)=O)NC(=O)[C@@H](NC(=O)[C@@H]1CCCN1C(=O)[C@@H](NC(=O)[C@H](C)NC(=O)[C@@H](NC(=O)[C@H](CO)NC(=O)[C@H](CC(N)=O)NC(=O)[C@H](CC(N)=O)NC(=O)[C@H](CO)NC(=O)[C@H](Cc1ccc(O)cc1)NC(=O)[C@H](C)NC(=O)[C@@H](NC(=O)[C@H](CO)NC(=O)[C@H](CC(N)=O)NC(=O)[C@H](CCC(=O)O)NC(=O)[C@H](C)N)C(C)C)[C@@H](C)CC)[C@@H](C)CC)[C@@H](C)O)[C@@H](C)O)C(=O)O. The lowest BCUT2D eigenvalue weighted by molar-refractivity contribution is -0.144. The monoisotopic (exact) mass is 2130 g/mol. The number of likely N-dealkylation sites (tertiary alicyclic amines) is 1. The average molecular weight is 2130 g/mol. The van der Waals surface area contributed by atoms with Crippen LogP contribution < -0.4 is 124 Å². The molecule has 0 aliphatic carbocycles. The molecule has 36 N–H and O–H groups in total. The molecule has 0 radical (unpaired) electrons. The zero-order valence-corrected chi connectivity index (χ0v) is 85.3. The molecule has 2 aromatic carbocycles. The van der Waals surface area contributed by atoms with Gasteiger partial charge in [-0.25, -0.2) is 4.79 Å². The number of carboxylic acids is 2. The van der Waals surface area contributed by atoms with Crippen LogP contribution in [0, 0.1) is 23.7 Å². The predicted octanol–water partition coefficient (Wildman–Crippen LogP) is -12.7. The van der Waals surface area contributed by atoms with Crippen molar-refractivity contribution in [3.8, 4) is 5.75 Å². The summed E-state index contributed by atoms with van der Waals surface area (Å²) in [5, 5.41) is 123. The van der Waals surface area contributed by atoms with Crippen LogP contribution in [-0.2, 0) is 133 Å². The van der Waals surface area contributed by atoms with E-state index in [1.54, 1.807) is 65.0 Å². The number of phenolic OH excluding ortho intramolecular Hbond substituents is 1. The second-order valence-electron chi connectivity index (χ2n) is 36.9. The maximum absolute atomic E-state index is 14.8. The second kappa shape index (κ2) is 62.8. The first-order valence-corrected chi connectivity index (χ1v) is 48.3. The van der Waals surface area contributed by atoms with E-state index >= 15 is 0 Å². The van der Waals surface area contributed by atoms with Crippen LogP contribution in [0.25, 0.3) is 0 Å². The molecule has 25 atom stereocenters. The molecular formula is C93H144N24O33. The Morgan fingerprint density at radius 2 is 0.640 bits per heavy atom. The van der Waals surface area contributed by atoms with Gasteiger partial charge < -0.3 is 170 Å². The number of amides is 23. The molecule has 1 aliphatic heterocycles. The number of nitrogens with zero attached hydrogens (tertiary/aromatic N) is 1. The van der Waals surface area contributed by atoms with E-state index in [-0.39, 0.29) is 50.0 Å². The Hall–Kier alpha value is -15.2. The average Bonchev–Trinajstić information content (AvgIpc) is 1.64. The molecule has 57 heteroatoms. The highest BCUT2D eigenvalue weighted by Gasteiger charge is 2.46. The van der Waals surface area contributed by atoms with Gasteiger partial charge in [0.1, 0.15) is 121 Å². The molecule has 0 aromatic heterocycles. The fourth-order valence-corrected chi connectivity index (χ4v) is 14.8. The van der Waals surface area contributed by atoms with Crippen molar-refractivity contribution in [3.05, 3.63) is 65.7 Å².